The molecule has 0 aliphatic rings. The minimum atomic E-state index is -0.318. The Balaban J connectivity index is 2.06. The fourth-order valence-electron chi connectivity index (χ4n) is 1.15. The minimum Gasteiger partial charge on any atom is -0.468 e. The van der Waals surface area contributed by atoms with Gasteiger partial charge in [-0.3, -0.25) is 4.79 Å². The molecule has 1 aromatic heterocycles. The van der Waals surface area contributed by atoms with E-state index in [0.29, 0.717) is 13.1 Å². The summed E-state index contributed by atoms with van der Waals surface area (Å²) >= 11 is 0. The summed E-state index contributed by atoms with van der Waals surface area (Å²) in [6.45, 7) is 7.77. The highest BCUT2D eigenvalue weighted by molar-refractivity contribution is 5.81. The van der Waals surface area contributed by atoms with E-state index in [9.17, 15) is 4.79 Å². The largest absolute Gasteiger partial charge is 0.468 e. The Kier molecular flexibility index (Phi) is 4.55. The van der Waals surface area contributed by atoms with Gasteiger partial charge in [0.2, 0.25) is 5.91 Å². The molecule has 0 fully saturated rings. The molecule has 16 heavy (non-hydrogen) atoms. The van der Waals surface area contributed by atoms with Gasteiger partial charge < -0.3 is 15.1 Å². The first kappa shape index (κ1) is 12.8. The van der Waals surface area contributed by atoms with Gasteiger partial charge >= 0.3 is 0 Å². The van der Waals surface area contributed by atoms with Crippen molar-refractivity contribution in [2.45, 2.75) is 27.3 Å². The molecule has 4 heteroatoms. The first-order valence-corrected chi connectivity index (χ1v) is 5.51. The molecule has 0 spiro atoms. The number of hydrogen-bond acceptors (Lipinski definition) is 3. The third kappa shape index (κ3) is 4.49. The average Bonchev–Trinajstić information content (AvgIpc) is 2.68. The van der Waals surface area contributed by atoms with Crippen LogP contribution >= 0.6 is 0 Å². The van der Waals surface area contributed by atoms with Gasteiger partial charge in [-0.05, 0) is 12.1 Å². The smallest absolute Gasteiger partial charge is 0.225 e. The number of carbonyl (C=O) groups excluding carboxylic acids is 1. The first-order valence-electron chi connectivity index (χ1n) is 5.51. The zero-order valence-corrected chi connectivity index (χ0v) is 10.2. The maximum atomic E-state index is 11.5. The van der Waals surface area contributed by atoms with Crippen LogP contribution in [0.25, 0.3) is 0 Å². The fourth-order valence-corrected chi connectivity index (χ4v) is 1.15. The van der Waals surface area contributed by atoms with Crippen molar-refractivity contribution >= 4 is 5.91 Å². The van der Waals surface area contributed by atoms with Crippen molar-refractivity contribution in [3.63, 3.8) is 0 Å². The van der Waals surface area contributed by atoms with E-state index < -0.39 is 0 Å². The van der Waals surface area contributed by atoms with Gasteiger partial charge in [0.05, 0.1) is 12.8 Å². The van der Waals surface area contributed by atoms with Crippen LogP contribution in [0.3, 0.4) is 0 Å². The van der Waals surface area contributed by atoms with Crippen molar-refractivity contribution < 1.29 is 9.21 Å². The summed E-state index contributed by atoms with van der Waals surface area (Å²) in [7, 11) is 0. The fraction of sp³-hybridized carbons (Fsp3) is 0.583. The molecule has 1 amide bonds. The predicted octanol–water partition coefficient (Wildman–Crippen LogP) is 1.53. The number of carbonyl (C=O) groups is 1. The van der Waals surface area contributed by atoms with Crippen LogP contribution in [-0.4, -0.2) is 19.0 Å². The number of furan rings is 1. The second kappa shape index (κ2) is 5.70. The van der Waals surface area contributed by atoms with Crippen molar-refractivity contribution in [1.29, 1.82) is 0 Å². The number of amides is 1. The Bertz CT molecular complexity index is 312. The number of hydrogen-bond donors (Lipinski definition) is 2. The molecule has 4 nitrogen and oxygen atoms in total. The lowest BCUT2D eigenvalue weighted by atomic mass is 9.96. The van der Waals surface area contributed by atoms with E-state index in [2.05, 4.69) is 10.6 Å². The zero-order valence-electron chi connectivity index (χ0n) is 10.2. The van der Waals surface area contributed by atoms with Crippen LogP contribution in [0, 0.1) is 5.41 Å². The molecule has 2 N–H and O–H groups in total. The molecule has 0 aliphatic heterocycles. The van der Waals surface area contributed by atoms with Crippen LogP contribution < -0.4 is 10.6 Å². The molecular weight excluding hydrogens is 204 g/mol. The molecule has 0 aliphatic carbocycles. The lowest BCUT2D eigenvalue weighted by molar-refractivity contribution is -0.128. The Morgan fingerprint density at radius 3 is 2.69 bits per heavy atom. The molecular formula is C12H20N2O2. The zero-order chi connectivity index (χ0) is 12.0. The van der Waals surface area contributed by atoms with Gasteiger partial charge in [0.1, 0.15) is 5.76 Å². The summed E-state index contributed by atoms with van der Waals surface area (Å²) in [5, 5.41) is 6.06. The Morgan fingerprint density at radius 2 is 2.12 bits per heavy atom. The number of rotatable bonds is 5. The average molecular weight is 224 g/mol. The highest BCUT2D eigenvalue weighted by Crippen LogP contribution is 2.11. The van der Waals surface area contributed by atoms with Crippen molar-refractivity contribution in [1.82, 2.24) is 10.6 Å². The molecule has 0 aromatic carbocycles. The van der Waals surface area contributed by atoms with Crippen LogP contribution in [0.4, 0.5) is 0 Å². The van der Waals surface area contributed by atoms with E-state index in [1.807, 2.05) is 32.9 Å². The van der Waals surface area contributed by atoms with Crippen LogP contribution in [-0.2, 0) is 11.3 Å². The summed E-state index contributed by atoms with van der Waals surface area (Å²) in [4.78, 5) is 11.5. The van der Waals surface area contributed by atoms with Gasteiger partial charge in [-0.1, -0.05) is 20.8 Å². The maximum absolute atomic E-state index is 11.5. The standard InChI is InChI=1S/C12H20N2O2/c1-12(2,3)11(15)14-7-6-13-9-10-5-4-8-16-10/h4-5,8,13H,6-7,9H2,1-3H3,(H,14,15). The molecule has 0 saturated carbocycles. The summed E-state index contributed by atoms with van der Waals surface area (Å²) in [5.41, 5.74) is -0.318. The van der Waals surface area contributed by atoms with Crippen molar-refractivity contribution in [3.05, 3.63) is 24.2 Å². The lowest BCUT2D eigenvalue weighted by Crippen LogP contribution is -2.38. The second-order valence-corrected chi connectivity index (χ2v) is 4.76. The molecule has 1 rings (SSSR count). The van der Waals surface area contributed by atoms with E-state index in [1.165, 1.54) is 0 Å². The molecule has 1 aromatic rings. The summed E-state index contributed by atoms with van der Waals surface area (Å²) in [6, 6.07) is 3.78. The molecule has 1 heterocycles. The molecule has 0 atom stereocenters. The van der Waals surface area contributed by atoms with Gasteiger partial charge in [-0.2, -0.15) is 0 Å². The minimum absolute atomic E-state index is 0.0762. The van der Waals surface area contributed by atoms with Gasteiger partial charge in [0.15, 0.2) is 0 Å². The van der Waals surface area contributed by atoms with E-state index in [0.717, 1.165) is 12.3 Å². The molecule has 0 radical (unpaired) electrons. The quantitative estimate of drug-likeness (QED) is 0.746. The monoisotopic (exact) mass is 224 g/mol. The predicted molar refractivity (Wildman–Crippen MR) is 62.9 cm³/mol. The van der Waals surface area contributed by atoms with Crippen LogP contribution in [0.2, 0.25) is 0 Å². The SMILES string of the molecule is CC(C)(C)C(=O)NCCNCc1ccco1. The lowest BCUT2D eigenvalue weighted by Gasteiger charge is -2.17. The second-order valence-electron chi connectivity index (χ2n) is 4.76. The molecule has 0 saturated heterocycles. The van der Waals surface area contributed by atoms with Gasteiger partial charge in [-0.15, -0.1) is 0 Å². The van der Waals surface area contributed by atoms with E-state index in [-0.39, 0.29) is 11.3 Å². The highest BCUT2D eigenvalue weighted by atomic mass is 16.3. The van der Waals surface area contributed by atoms with Gasteiger partial charge in [0, 0.05) is 18.5 Å². The maximum Gasteiger partial charge on any atom is 0.225 e. The van der Waals surface area contributed by atoms with Crippen LogP contribution in [0.5, 0.6) is 0 Å². The molecule has 90 valence electrons. The highest BCUT2D eigenvalue weighted by Gasteiger charge is 2.19. The Morgan fingerprint density at radius 1 is 1.38 bits per heavy atom. The molecule has 0 bridgehead atoms. The Hall–Kier alpha value is -1.29. The first-order chi connectivity index (χ1) is 7.50. The van der Waals surface area contributed by atoms with Crippen molar-refractivity contribution in [3.8, 4) is 0 Å². The summed E-state index contributed by atoms with van der Waals surface area (Å²) < 4.78 is 5.17. The Labute approximate surface area is 96.4 Å². The van der Waals surface area contributed by atoms with Gasteiger partial charge in [0.25, 0.3) is 0 Å². The van der Waals surface area contributed by atoms with E-state index in [4.69, 9.17) is 4.42 Å². The third-order valence-electron chi connectivity index (χ3n) is 2.15. The van der Waals surface area contributed by atoms with E-state index >= 15 is 0 Å². The summed E-state index contributed by atoms with van der Waals surface area (Å²) in [5.74, 6) is 0.981. The van der Waals surface area contributed by atoms with Gasteiger partial charge in [-0.25, -0.2) is 0 Å². The summed E-state index contributed by atoms with van der Waals surface area (Å²) in [6.07, 6.45) is 1.65. The molecule has 0 unspecified atom stereocenters. The van der Waals surface area contributed by atoms with Crippen molar-refractivity contribution in [2.75, 3.05) is 13.1 Å². The van der Waals surface area contributed by atoms with Crippen LogP contribution in [0.1, 0.15) is 26.5 Å². The topological polar surface area (TPSA) is 54.3 Å². The third-order valence-corrected chi connectivity index (χ3v) is 2.15. The van der Waals surface area contributed by atoms with Crippen molar-refractivity contribution in [2.24, 2.45) is 5.41 Å². The number of nitrogens with one attached hydrogen (secondary N) is 2. The van der Waals surface area contributed by atoms with E-state index in [1.54, 1.807) is 6.26 Å². The van der Waals surface area contributed by atoms with Crippen LogP contribution in [0.15, 0.2) is 22.8 Å². The normalized spacial score (nSPS) is 11.4.